The normalized spacial score (nSPS) is 14.9. The highest BCUT2D eigenvalue weighted by molar-refractivity contribution is 5.76. The second kappa shape index (κ2) is 4.47. The Hall–Kier alpha value is -1.32. The summed E-state index contributed by atoms with van der Waals surface area (Å²) < 4.78 is 1.78. The van der Waals surface area contributed by atoms with E-state index < -0.39 is 11.5 Å². The largest absolute Gasteiger partial charge is 0.479 e. The molecular formula is C11H18N2O2. The van der Waals surface area contributed by atoms with E-state index in [9.17, 15) is 9.90 Å². The molecule has 1 unspecified atom stereocenters. The molecule has 4 heteroatoms. The van der Waals surface area contributed by atoms with Crippen LogP contribution in [-0.4, -0.2) is 20.6 Å². The standard InChI is InChI=1S/C11H18N2O2/c1-4-6-11(3,10(14)15)13-8-7-12-9(13)5-2/h7-8H,4-6H2,1-3H3,(H,14,15). The Bertz CT molecular complexity index is 346. The number of rotatable bonds is 5. The minimum atomic E-state index is -0.864. The maximum atomic E-state index is 11.3. The molecule has 0 aliphatic rings. The van der Waals surface area contributed by atoms with Crippen molar-refractivity contribution in [3.05, 3.63) is 18.2 Å². The van der Waals surface area contributed by atoms with Crippen LogP contribution in [0.15, 0.2) is 12.4 Å². The molecule has 0 aliphatic carbocycles. The summed E-state index contributed by atoms with van der Waals surface area (Å²) in [6.45, 7) is 5.72. The van der Waals surface area contributed by atoms with Crippen molar-refractivity contribution in [2.45, 2.75) is 45.6 Å². The molecule has 0 radical (unpaired) electrons. The fraction of sp³-hybridized carbons (Fsp3) is 0.636. The smallest absolute Gasteiger partial charge is 0.329 e. The summed E-state index contributed by atoms with van der Waals surface area (Å²) in [6.07, 6.45) is 5.62. The van der Waals surface area contributed by atoms with Crippen molar-refractivity contribution in [3.8, 4) is 0 Å². The Morgan fingerprint density at radius 1 is 1.60 bits per heavy atom. The molecule has 84 valence electrons. The van der Waals surface area contributed by atoms with Crippen molar-refractivity contribution in [1.82, 2.24) is 9.55 Å². The first-order valence-electron chi connectivity index (χ1n) is 5.32. The van der Waals surface area contributed by atoms with Crippen molar-refractivity contribution in [1.29, 1.82) is 0 Å². The van der Waals surface area contributed by atoms with E-state index in [-0.39, 0.29) is 0 Å². The Morgan fingerprint density at radius 3 is 2.73 bits per heavy atom. The van der Waals surface area contributed by atoms with E-state index in [1.54, 1.807) is 23.9 Å². The summed E-state index contributed by atoms with van der Waals surface area (Å²) in [5, 5.41) is 9.31. The number of hydrogen-bond acceptors (Lipinski definition) is 2. The van der Waals surface area contributed by atoms with Gasteiger partial charge < -0.3 is 9.67 Å². The number of carbonyl (C=O) groups is 1. The lowest BCUT2D eigenvalue weighted by Crippen LogP contribution is -2.39. The van der Waals surface area contributed by atoms with Crippen LogP contribution < -0.4 is 0 Å². The maximum absolute atomic E-state index is 11.3. The number of imidazole rings is 1. The van der Waals surface area contributed by atoms with Crippen LogP contribution in [0.4, 0.5) is 0 Å². The summed E-state index contributed by atoms with van der Waals surface area (Å²) in [5.41, 5.74) is -0.864. The molecule has 1 aromatic rings. The lowest BCUT2D eigenvalue weighted by atomic mass is 9.95. The van der Waals surface area contributed by atoms with Gasteiger partial charge in [-0.05, 0) is 13.3 Å². The molecule has 0 aromatic carbocycles. The number of carboxylic acids is 1. The molecule has 1 N–H and O–H groups in total. The van der Waals surface area contributed by atoms with Gasteiger partial charge in [-0.1, -0.05) is 20.3 Å². The summed E-state index contributed by atoms with van der Waals surface area (Å²) in [6, 6.07) is 0. The quantitative estimate of drug-likeness (QED) is 0.809. The Balaban J connectivity index is 3.14. The molecule has 0 bridgehead atoms. The predicted octanol–water partition coefficient (Wildman–Crippen LogP) is 2.05. The first-order chi connectivity index (χ1) is 7.06. The van der Waals surface area contributed by atoms with E-state index in [2.05, 4.69) is 4.98 Å². The molecule has 1 atom stereocenters. The van der Waals surface area contributed by atoms with Crippen LogP contribution in [0.3, 0.4) is 0 Å². The highest BCUT2D eigenvalue weighted by Gasteiger charge is 2.35. The highest BCUT2D eigenvalue weighted by atomic mass is 16.4. The SMILES string of the molecule is CCCC(C)(C(=O)O)n1ccnc1CC. The minimum absolute atomic E-state index is 0.617. The van der Waals surface area contributed by atoms with Crippen LogP contribution in [0.25, 0.3) is 0 Å². The van der Waals surface area contributed by atoms with Gasteiger partial charge in [-0.25, -0.2) is 9.78 Å². The van der Waals surface area contributed by atoms with Crippen LogP contribution >= 0.6 is 0 Å². The second-order valence-corrected chi connectivity index (χ2v) is 3.90. The zero-order valence-corrected chi connectivity index (χ0v) is 9.53. The third-order valence-electron chi connectivity index (χ3n) is 2.76. The van der Waals surface area contributed by atoms with Crippen LogP contribution in [0.5, 0.6) is 0 Å². The predicted molar refractivity (Wildman–Crippen MR) is 57.8 cm³/mol. The van der Waals surface area contributed by atoms with E-state index in [0.29, 0.717) is 6.42 Å². The zero-order valence-electron chi connectivity index (χ0n) is 9.53. The van der Waals surface area contributed by atoms with E-state index in [0.717, 1.165) is 18.7 Å². The summed E-state index contributed by atoms with van der Waals surface area (Å²) in [4.78, 5) is 15.5. The number of aromatic nitrogens is 2. The Kier molecular flexibility index (Phi) is 3.50. The number of aliphatic carboxylic acids is 1. The van der Waals surface area contributed by atoms with Crippen molar-refractivity contribution in [2.24, 2.45) is 0 Å². The molecule has 4 nitrogen and oxygen atoms in total. The van der Waals surface area contributed by atoms with E-state index in [1.807, 2.05) is 13.8 Å². The molecule has 1 heterocycles. The number of aryl methyl sites for hydroxylation is 1. The summed E-state index contributed by atoms with van der Waals surface area (Å²) in [5.74, 6) is 0.0328. The average molecular weight is 210 g/mol. The highest BCUT2D eigenvalue weighted by Crippen LogP contribution is 2.24. The van der Waals surface area contributed by atoms with Gasteiger partial charge in [-0.3, -0.25) is 0 Å². The molecule has 0 amide bonds. The molecule has 0 saturated carbocycles. The van der Waals surface area contributed by atoms with E-state index in [4.69, 9.17) is 0 Å². The molecule has 0 fully saturated rings. The first kappa shape index (κ1) is 11.8. The van der Waals surface area contributed by atoms with Gasteiger partial charge in [0, 0.05) is 18.8 Å². The number of hydrogen-bond donors (Lipinski definition) is 1. The van der Waals surface area contributed by atoms with Crippen LogP contribution in [0.1, 0.15) is 39.4 Å². The van der Waals surface area contributed by atoms with E-state index >= 15 is 0 Å². The first-order valence-corrected chi connectivity index (χ1v) is 5.32. The number of carboxylic acid groups (broad SMARTS) is 1. The molecule has 0 saturated heterocycles. The average Bonchev–Trinajstić information content (AvgIpc) is 2.65. The summed E-state index contributed by atoms with van der Waals surface area (Å²) in [7, 11) is 0. The molecule has 0 spiro atoms. The van der Waals surface area contributed by atoms with E-state index in [1.165, 1.54) is 0 Å². The minimum Gasteiger partial charge on any atom is -0.479 e. The third-order valence-corrected chi connectivity index (χ3v) is 2.76. The van der Waals surface area contributed by atoms with Crippen molar-refractivity contribution < 1.29 is 9.90 Å². The maximum Gasteiger partial charge on any atom is 0.329 e. The second-order valence-electron chi connectivity index (χ2n) is 3.90. The van der Waals surface area contributed by atoms with Gasteiger partial charge in [0.25, 0.3) is 0 Å². The van der Waals surface area contributed by atoms with Gasteiger partial charge in [-0.2, -0.15) is 0 Å². The molecule has 0 aliphatic heterocycles. The molecular weight excluding hydrogens is 192 g/mol. The van der Waals surface area contributed by atoms with Crippen LogP contribution in [0, 0.1) is 0 Å². The van der Waals surface area contributed by atoms with Crippen LogP contribution in [0.2, 0.25) is 0 Å². The van der Waals surface area contributed by atoms with Gasteiger partial charge in [0.05, 0.1) is 0 Å². The molecule has 15 heavy (non-hydrogen) atoms. The van der Waals surface area contributed by atoms with Crippen molar-refractivity contribution in [2.75, 3.05) is 0 Å². The van der Waals surface area contributed by atoms with Crippen LogP contribution in [-0.2, 0) is 16.8 Å². The van der Waals surface area contributed by atoms with Crippen molar-refractivity contribution in [3.63, 3.8) is 0 Å². The Labute approximate surface area is 89.9 Å². The van der Waals surface area contributed by atoms with Gasteiger partial charge in [0.15, 0.2) is 0 Å². The fourth-order valence-corrected chi connectivity index (χ4v) is 1.86. The lowest BCUT2D eigenvalue weighted by molar-refractivity contribution is -0.147. The monoisotopic (exact) mass is 210 g/mol. The summed E-state index contributed by atoms with van der Waals surface area (Å²) >= 11 is 0. The number of nitrogens with zero attached hydrogens (tertiary/aromatic N) is 2. The van der Waals surface area contributed by atoms with Crippen molar-refractivity contribution >= 4 is 5.97 Å². The fourth-order valence-electron chi connectivity index (χ4n) is 1.86. The molecule has 1 aromatic heterocycles. The van der Waals surface area contributed by atoms with Gasteiger partial charge in [0.1, 0.15) is 11.4 Å². The zero-order chi connectivity index (χ0) is 11.5. The van der Waals surface area contributed by atoms with Gasteiger partial charge in [0.2, 0.25) is 0 Å². The van der Waals surface area contributed by atoms with Gasteiger partial charge in [-0.15, -0.1) is 0 Å². The lowest BCUT2D eigenvalue weighted by Gasteiger charge is -2.27. The Morgan fingerprint density at radius 2 is 2.27 bits per heavy atom. The third kappa shape index (κ3) is 2.03. The molecule has 1 rings (SSSR count). The van der Waals surface area contributed by atoms with Gasteiger partial charge >= 0.3 is 5.97 Å². The topological polar surface area (TPSA) is 55.1 Å².